The highest BCUT2D eigenvalue weighted by atomic mass is 127. The molecule has 2 amide bonds. The summed E-state index contributed by atoms with van der Waals surface area (Å²) in [6.07, 6.45) is 4.21. The first kappa shape index (κ1) is 28.8. The Kier molecular flexibility index (Phi) is 8.90. The lowest BCUT2D eigenvalue weighted by atomic mass is 9.45. The fourth-order valence-electron chi connectivity index (χ4n) is 7.25. The van der Waals surface area contributed by atoms with Crippen LogP contribution in [0.15, 0.2) is 35.9 Å². The number of aliphatic hydroxyl groups excluding tert-OH is 2. The minimum absolute atomic E-state index is 0.000797. The average Bonchev–Trinajstić information content (AvgIpc) is 3.47. The van der Waals surface area contributed by atoms with Gasteiger partial charge in [-0.3, -0.25) is 9.59 Å². The van der Waals surface area contributed by atoms with Crippen LogP contribution in [0.5, 0.6) is 5.75 Å². The van der Waals surface area contributed by atoms with Gasteiger partial charge >= 0.3 is 0 Å². The minimum atomic E-state index is -1.01. The van der Waals surface area contributed by atoms with Crippen LogP contribution in [0, 0.1) is 32.7 Å². The molecule has 39 heavy (non-hydrogen) atoms. The minimum Gasteiger partial charge on any atom is -0.482 e. The highest BCUT2D eigenvalue weighted by Gasteiger charge is 2.55. The number of rotatable bonds is 9. The van der Waals surface area contributed by atoms with E-state index in [1.165, 1.54) is 12.8 Å². The SMILES string of the molecule is CC1(C)C2CCC(CN(C(=O)C3CCOC3)C3CC(C(=O)NCCO)=CC(Oc4ccccc4I)C3O)C1C2. The topological polar surface area (TPSA) is 108 Å². The summed E-state index contributed by atoms with van der Waals surface area (Å²) in [5, 5.41) is 23.8. The number of benzene rings is 1. The summed E-state index contributed by atoms with van der Waals surface area (Å²) in [7, 11) is 0. The predicted octanol–water partition coefficient (Wildman–Crippen LogP) is 3.14. The molecule has 1 aromatic carbocycles. The third kappa shape index (κ3) is 5.87. The van der Waals surface area contributed by atoms with Crippen molar-refractivity contribution in [3.05, 3.63) is 39.5 Å². The van der Waals surface area contributed by atoms with Crippen LogP contribution in [0.1, 0.15) is 46.0 Å². The van der Waals surface area contributed by atoms with Crippen molar-refractivity contribution < 1.29 is 29.3 Å². The van der Waals surface area contributed by atoms with Crippen molar-refractivity contribution in [2.75, 3.05) is 32.9 Å². The molecule has 0 spiro atoms. The molecular formula is C30H41IN2O6. The molecule has 4 aliphatic carbocycles. The molecule has 4 fully saturated rings. The highest BCUT2D eigenvalue weighted by molar-refractivity contribution is 14.1. The number of ether oxygens (including phenoxy) is 2. The summed E-state index contributed by atoms with van der Waals surface area (Å²) in [6, 6.07) is 6.94. The number of carbonyl (C=O) groups is 2. The Bertz CT molecular complexity index is 1080. The molecule has 1 aliphatic heterocycles. The van der Waals surface area contributed by atoms with Gasteiger partial charge in [-0.2, -0.15) is 0 Å². The van der Waals surface area contributed by atoms with Crippen molar-refractivity contribution in [3.63, 3.8) is 0 Å². The van der Waals surface area contributed by atoms with Gasteiger partial charge in [-0.25, -0.2) is 0 Å². The van der Waals surface area contributed by atoms with Gasteiger partial charge in [0.15, 0.2) is 0 Å². The Morgan fingerprint density at radius 3 is 2.69 bits per heavy atom. The standard InChI is InChI=1S/C30H41IN2O6/c1-30(2)21-8-7-18(22(30)15-21)16-33(29(37)19-9-12-38-17-19)24-13-20(28(36)32-10-11-34)14-26(27(24)35)39-25-6-4-3-5-23(25)31/h3-6,14,18-19,21-22,24,26-27,34-35H,7-13,15-17H2,1-2H3,(H,32,36). The first-order valence-electron chi connectivity index (χ1n) is 14.3. The smallest absolute Gasteiger partial charge is 0.247 e. The van der Waals surface area contributed by atoms with Crippen LogP contribution >= 0.6 is 22.6 Å². The van der Waals surface area contributed by atoms with Gasteiger partial charge in [0.2, 0.25) is 11.8 Å². The second-order valence-corrected chi connectivity index (χ2v) is 13.4. The second-order valence-electron chi connectivity index (χ2n) is 12.2. The van der Waals surface area contributed by atoms with E-state index in [4.69, 9.17) is 9.47 Å². The summed E-state index contributed by atoms with van der Waals surface area (Å²) in [5.41, 5.74) is 0.729. The number of hydrogen-bond donors (Lipinski definition) is 3. The number of amides is 2. The van der Waals surface area contributed by atoms with E-state index in [1.807, 2.05) is 29.2 Å². The highest BCUT2D eigenvalue weighted by Crippen LogP contribution is 2.61. The van der Waals surface area contributed by atoms with Crippen LogP contribution in [0.4, 0.5) is 0 Å². The zero-order valence-electron chi connectivity index (χ0n) is 22.9. The number of nitrogens with zero attached hydrogens (tertiary/aromatic N) is 1. The fraction of sp³-hybridized carbons (Fsp3) is 0.667. The number of halogens is 1. The van der Waals surface area contributed by atoms with Crippen LogP contribution in [-0.2, 0) is 14.3 Å². The van der Waals surface area contributed by atoms with Gasteiger partial charge in [0.1, 0.15) is 18.0 Å². The average molecular weight is 653 g/mol. The number of nitrogens with one attached hydrogen (secondary N) is 1. The number of fused-ring (bicyclic) bond motifs is 2. The maximum Gasteiger partial charge on any atom is 0.247 e. The van der Waals surface area contributed by atoms with Crippen LogP contribution in [-0.4, -0.2) is 78.1 Å². The van der Waals surface area contributed by atoms with E-state index >= 15 is 0 Å². The van der Waals surface area contributed by atoms with Gasteiger partial charge in [-0.1, -0.05) is 26.0 Å². The second kappa shape index (κ2) is 12.0. The first-order chi connectivity index (χ1) is 18.7. The van der Waals surface area contributed by atoms with Crippen LogP contribution in [0.25, 0.3) is 0 Å². The number of hydrogen-bond acceptors (Lipinski definition) is 6. The van der Waals surface area contributed by atoms with Gasteiger partial charge in [0.05, 0.1) is 28.7 Å². The molecule has 1 saturated heterocycles. The van der Waals surface area contributed by atoms with E-state index in [9.17, 15) is 19.8 Å². The zero-order valence-corrected chi connectivity index (χ0v) is 25.0. The molecule has 0 radical (unpaired) electrons. The van der Waals surface area contributed by atoms with Crippen molar-refractivity contribution in [1.82, 2.24) is 10.2 Å². The molecule has 6 rings (SSSR count). The largest absolute Gasteiger partial charge is 0.482 e. The maximum atomic E-state index is 14.1. The van der Waals surface area contributed by atoms with Crippen molar-refractivity contribution in [3.8, 4) is 5.75 Å². The Morgan fingerprint density at radius 1 is 1.23 bits per heavy atom. The quantitative estimate of drug-likeness (QED) is 0.354. The summed E-state index contributed by atoms with van der Waals surface area (Å²) in [5.74, 6) is 1.72. The zero-order chi connectivity index (χ0) is 27.7. The van der Waals surface area contributed by atoms with Crippen molar-refractivity contribution in [2.24, 2.45) is 29.1 Å². The van der Waals surface area contributed by atoms with E-state index in [0.717, 1.165) is 15.9 Å². The van der Waals surface area contributed by atoms with Crippen molar-refractivity contribution >= 4 is 34.4 Å². The van der Waals surface area contributed by atoms with Crippen LogP contribution < -0.4 is 10.1 Å². The monoisotopic (exact) mass is 652 g/mol. The molecule has 1 heterocycles. The van der Waals surface area contributed by atoms with Gasteiger partial charge in [-0.05, 0) is 89.7 Å². The lowest BCUT2D eigenvalue weighted by Gasteiger charge is -2.61. The van der Waals surface area contributed by atoms with E-state index < -0.39 is 18.2 Å². The number of para-hydroxylation sites is 1. The fourth-order valence-corrected chi connectivity index (χ4v) is 7.77. The van der Waals surface area contributed by atoms with Gasteiger partial charge in [0.25, 0.3) is 0 Å². The van der Waals surface area contributed by atoms with E-state index in [2.05, 4.69) is 41.8 Å². The van der Waals surface area contributed by atoms with Crippen molar-refractivity contribution in [1.29, 1.82) is 0 Å². The number of aliphatic hydroxyl groups is 2. The summed E-state index contributed by atoms with van der Waals surface area (Å²) in [6.45, 7) is 6.18. The van der Waals surface area contributed by atoms with Crippen molar-refractivity contribution in [2.45, 2.75) is 64.2 Å². The molecule has 2 bridgehead atoms. The van der Waals surface area contributed by atoms with Gasteiger partial charge < -0.3 is 29.9 Å². The van der Waals surface area contributed by atoms with E-state index in [0.29, 0.717) is 49.3 Å². The summed E-state index contributed by atoms with van der Waals surface area (Å²) >= 11 is 2.19. The molecule has 0 aromatic heterocycles. The van der Waals surface area contributed by atoms with Gasteiger partial charge in [-0.15, -0.1) is 0 Å². The molecule has 5 aliphatic rings. The Morgan fingerprint density at radius 2 is 2.03 bits per heavy atom. The summed E-state index contributed by atoms with van der Waals surface area (Å²) < 4.78 is 12.8. The lowest BCUT2D eigenvalue weighted by molar-refractivity contribution is -0.151. The Hall–Kier alpha value is -1.69. The van der Waals surface area contributed by atoms with Crippen LogP contribution in [0.2, 0.25) is 0 Å². The molecule has 7 atom stereocenters. The Balaban J connectivity index is 1.45. The molecular weight excluding hydrogens is 611 g/mol. The molecule has 3 saturated carbocycles. The van der Waals surface area contributed by atoms with Gasteiger partial charge in [0, 0.05) is 31.7 Å². The van der Waals surface area contributed by atoms with E-state index in [1.54, 1.807) is 6.08 Å². The van der Waals surface area contributed by atoms with E-state index in [-0.39, 0.29) is 42.7 Å². The molecule has 214 valence electrons. The first-order valence-corrected chi connectivity index (χ1v) is 15.4. The predicted molar refractivity (Wildman–Crippen MR) is 155 cm³/mol. The summed E-state index contributed by atoms with van der Waals surface area (Å²) in [4.78, 5) is 29.0. The molecule has 8 nitrogen and oxygen atoms in total. The molecule has 3 N–H and O–H groups in total. The van der Waals surface area contributed by atoms with Crippen LogP contribution in [0.3, 0.4) is 0 Å². The molecule has 7 unspecified atom stereocenters. The Labute approximate surface area is 244 Å². The molecule has 1 aromatic rings. The third-order valence-electron chi connectivity index (χ3n) is 9.71. The normalized spacial score (nSPS) is 33.1. The third-order valence-corrected chi connectivity index (χ3v) is 10.6. The number of carbonyl (C=O) groups excluding carboxylic acids is 2. The molecule has 9 heteroatoms. The maximum absolute atomic E-state index is 14.1. The lowest BCUT2D eigenvalue weighted by Crippen LogP contribution is -2.60.